The summed E-state index contributed by atoms with van der Waals surface area (Å²) in [5.74, 6) is -1.05. The van der Waals surface area contributed by atoms with Gasteiger partial charge in [0.15, 0.2) is 0 Å². The van der Waals surface area contributed by atoms with Crippen LogP contribution in [0.2, 0.25) is 0 Å². The lowest BCUT2D eigenvalue weighted by molar-refractivity contribution is -0.384. The molecule has 0 aromatic heterocycles. The summed E-state index contributed by atoms with van der Waals surface area (Å²) >= 11 is 0. The maximum atomic E-state index is 13.9. The Morgan fingerprint density at radius 2 is 1.71 bits per heavy atom. The fourth-order valence-electron chi connectivity index (χ4n) is 4.10. The quantitative estimate of drug-likeness (QED) is 0.554. The maximum absolute atomic E-state index is 13.9. The van der Waals surface area contributed by atoms with Crippen LogP contribution in [0.1, 0.15) is 12.0 Å². The molecule has 0 N–H and O–H groups in total. The average Bonchev–Trinajstić information content (AvgIpc) is 3.17. The molecular weight excluding hydrogens is 403 g/mol. The highest BCUT2D eigenvalue weighted by atomic mass is 19.1. The van der Waals surface area contributed by atoms with Crippen LogP contribution in [0.4, 0.5) is 21.5 Å². The molecular formula is C22H23FN4O4. The van der Waals surface area contributed by atoms with Gasteiger partial charge in [0.25, 0.3) is 5.69 Å². The zero-order chi connectivity index (χ0) is 22.1. The van der Waals surface area contributed by atoms with Gasteiger partial charge >= 0.3 is 0 Å². The van der Waals surface area contributed by atoms with E-state index in [1.807, 2.05) is 0 Å². The number of carbonyl (C=O) groups excluding carboxylic acids is 2. The van der Waals surface area contributed by atoms with Crippen molar-refractivity contribution in [2.45, 2.75) is 13.3 Å². The van der Waals surface area contributed by atoms with Gasteiger partial charge < -0.3 is 14.7 Å². The molecule has 2 fully saturated rings. The van der Waals surface area contributed by atoms with Crippen LogP contribution in [0.15, 0.2) is 42.5 Å². The Kier molecular flexibility index (Phi) is 5.58. The van der Waals surface area contributed by atoms with E-state index in [0.717, 1.165) is 5.69 Å². The van der Waals surface area contributed by atoms with Gasteiger partial charge in [0.2, 0.25) is 11.8 Å². The first kappa shape index (κ1) is 20.8. The lowest BCUT2D eigenvalue weighted by atomic mass is 10.1. The fourth-order valence-corrected chi connectivity index (χ4v) is 4.10. The van der Waals surface area contributed by atoms with Gasteiger partial charge in [-0.1, -0.05) is 6.07 Å². The molecule has 2 saturated heterocycles. The lowest BCUT2D eigenvalue weighted by Crippen LogP contribution is -2.50. The van der Waals surface area contributed by atoms with Gasteiger partial charge in [-0.3, -0.25) is 19.7 Å². The van der Waals surface area contributed by atoms with Crippen LogP contribution < -0.4 is 9.80 Å². The average molecular weight is 426 g/mol. The van der Waals surface area contributed by atoms with Crippen molar-refractivity contribution in [1.82, 2.24) is 4.90 Å². The van der Waals surface area contributed by atoms with Crippen LogP contribution in [-0.4, -0.2) is 54.4 Å². The molecule has 8 nitrogen and oxygen atoms in total. The van der Waals surface area contributed by atoms with Crippen molar-refractivity contribution in [2.75, 3.05) is 42.5 Å². The Hall–Kier alpha value is -3.49. The number of aryl methyl sites for hydroxylation is 1. The van der Waals surface area contributed by atoms with E-state index in [0.29, 0.717) is 37.4 Å². The second-order valence-corrected chi connectivity index (χ2v) is 7.92. The van der Waals surface area contributed by atoms with E-state index in [4.69, 9.17) is 0 Å². The number of hydrogen-bond donors (Lipinski definition) is 0. The van der Waals surface area contributed by atoms with E-state index in [9.17, 15) is 24.1 Å². The van der Waals surface area contributed by atoms with Crippen LogP contribution in [0, 0.1) is 28.8 Å². The van der Waals surface area contributed by atoms with Crippen molar-refractivity contribution in [3.8, 4) is 0 Å². The third-order valence-corrected chi connectivity index (χ3v) is 5.96. The van der Waals surface area contributed by atoms with E-state index in [2.05, 4.69) is 4.90 Å². The zero-order valence-electron chi connectivity index (χ0n) is 17.2. The molecule has 31 heavy (non-hydrogen) atoms. The molecule has 0 radical (unpaired) electrons. The molecule has 4 rings (SSSR count). The minimum Gasteiger partial charge on any atom is -0.368 e. The van der Waals surface area contributed by atoms with E-state index in [1.54, 1.807) is 36.1 Å². The van der Waals surface area contributed by atoms with Crippen LogP contribution in [-0.2, 0) is 9.59 Å². The summed E-state index contributed by atoms with van der Waals surface area (Å²) < 4.78 is 13.9. The molecule has 162 valence electrons. The number of nitro groups is 1. The van der Waals surface area contributed by atoms with Gasteiger partial charge in [0.1, 0.15) is 5.82 Å². The smallest absolute Gasteiger partial charge is 0.269 e. The summed E-state index contributed by atoms with van der Waals surface area (Å²) in [5, 5.41) is 10.8. The minimum absolute atomic E-state index is 0.0430. The first-order valence-electron chi connectivity index (χ1n) is 10.2. The third-order valence-electron chi connectivity index (χ3n) is 5.96. The van der Waals surface area contributed by atoms with Crippen molar-refractivity contribution in [3.63, 3.8) is 0 Å². The molecule has 2 aromatic rings. The standard InChI is InChI=1S/C22H23FN4O4/c1-15-2-3-19(13-20(15)23)26-14-16(12-21(26)28)22(29)25-10-8-24(9-11-25)17-4-6-18(7-5-17)27(30)31/h2-7,13,16H,8-12,14H2,1H3/t16-/m0/s1. The number of piperazine rings is 1. The number of anilines is 2. The number of carbonyl (C=O) groups is 2. The Morgan fingerprint density at radius 1 is 1.06 bits per heavy atom. The van der Waals surface area contributed by atoms with Crippen molar-refractivity contribution < 1.29 is 18.9 Å². The van der Waals surface area contributed by atoms with E-state index < -0.39 is 10.8 Å². The lowest BCUT2D eigenvalue weighted by Gasteiger charge is -2.37. The predicted molar refractivity (Wildman–Crippen MR) is 113 cm³/mol. The second kappa shape index (κ2) is 8.33. The molecule has 0 saturated carbocycles. The molecule has 0 spiro atoms. The van der Waals surface area contributed by atoms with Gasteiger partial charge in [0.05, 0.1) is 10.8 Å². The first-order chi connectivity index (χ1) is 14.8. The normalized spacial score (nSPS) is 19.1. The minimum atomic E-state index is -0.442. The molecule has 0 aliphatic carbocycles. The Morgan fingerprint density at radius 3 is 2.32 bits per heavy atom. The first-order valence-corrected chi connectivity index (χ1v) is 10.2. The highest BCUT2D eigenvalue weighted by molar-refractivity contribution is 6.00. The molecule has 1 atom stereocenters. The van der Waals surface area contributed by atoms with Gasteiger partial charge in [-0.25, -0.2) is 4.39 Å². The Bertz CT molecular complexity index is 1020. The monoisotopic (exact) mass is 426 g/mol. The predicted octanol–water partition coefficient (Wildman–Crippen LogP) is 2.74. The number of hydrogen-bond acceptors (Lipinski definition) is 5. The summed E-state index contributed by atoms with van der Waals surface area (Å²) in [5.41, 5.74) is 1.91. The molecule has 2 aromatic carbocycles. The number of benzene rings is 2. The zero-order valence-corrected chi connectivity index (χ0v) is 17.2. The van der Waals surface area contributed by atoms with Gasteiger partial charge in [0, 0.05) is 62.7 Å². The largest absolute Gasteiger partial charge is 0.368 e. The summed E-state index contributed by atoms with van der Waals surface area (Å²) in [6, 6.07) is 11.0. The Balaban J connectivity index is 1.36. The topological polar surface area (TPSA) is 87.0 Å². The summed E-state index contributed by atoms with van der Waals surface area (Å²) in [7, 11) is 0. The van der Waals surface area contributed by atoms with E-state index >= 15 is 0 Å². The number of non-ortho nitro benzene ring substituents is 1. The summed E-state index contributed by atoms with van der Waals surface area (Å²) in [6.07, 6.45) is 0.122. The van der Waals surface area contributed by atoms with Crippen molar-refractivity contribution in [3.05, 3.63) is 64.0 Å². The van der Waals surface area contributed by atoms with E-state index in [-0.39, 0.29) is 36.3 Å². The number of amides is 2. The molecule has 2 amide bonds. The van der Waals surface area contributed by atoms with Gasteiger partial charge in [-0.2, -0.15) is 0 Å². The summed E-state index contributed by atoms with van der Waals surface area (Å²) in [6.45, 7) is 4.16. The van der Waals surface area contributed by atoms with Crippen molar-refractivity contribution >= 4 is 28.9 Å². The molecule has 2 heterocycles. The highest BCUT2D eigenvalue weighted by Crippen LogP contribution is 2.28. The molecule has 9 heteroatoms. The SMILES string of the molecule is Cc1ccc(N2C[C@@H](C(=O)N3CCN(c4ccc([N+](=O)[O-])cc4)CC3)CC2=O)cc1F. The van der Waals surface area contributed by atoms with E-state index in [1.165, 1.54) is 23.1 Å². The maximum Gasteiger partial charge on any atom is 0.269 e. The van der Waals surface area contributed by atoms with Gasteiger partial charge in [-0.05, 0) is 36.8 Å². The van der Waals surface area contributed by atoms with Gasteiger partial charge in [-0.15, -0.1) is 0 Å². The highest BCUT2D eigenvalue weighted by Gasteiger charge is 2.38. The molecule has 0 unspecified atom stereocenters. The number of nitro benzene ring substituents is 1. The third kappa shape index (κ3) is 4.21. The van der Waals surface area contributed by atoms with Crippen LogP contribution in [0.25, 0.3) is 0 Å². The summed E-state index contributed by atoms with van der Waals surface area (Å²) in [4.78, 5) is 41.1. The number of rotatable bonds is 4. The van der Waals surface area contributed by atoms with Crippen LogP contribution >= 0.6 is 0 Å². The molecule has 2 aliphatic rings. The number of halogens is 1. The molecule has 0 bridgehead atoms. The van der Waals surface area contributed by atoms with Crippen LogP contribution in [0.3, 0.4) is 0 Å². The molecule has 2 aliphatic heterocycles. The van der Waals surface area contributed by atoms with Crippen molar-refractivity contribution in [1.29, 1.82) is 0 Å². The second-order valence-electron chi connectivity index (χ2n) is 7.92. The Labute approximate surface area is 179 Å². The number of nitrogens with zero attached hydrogens (tertiary/aromatic N) is 4. The van der Waals surface area contributed by atoms with Crippen molar-refractivity contribution in [2.24, 2.45) is 5.92 Å². The fraction of sp³-hybridized carbons (Fsp3) is 0.364. The van der Waals surface area contributed by atoms with Crippen LogP contribution in [0.5, 0.6) is 0 Å².